The summed E-state index contributed by atoms with van der Waals surface area (Å²) in [6.45, 7) is 0.206. The molecule has 2 aromatic heterocycles. The van der Waals surface area contributed by atoms with Crippen molar-refractivity contribution in [1.82, 2.24) is 20.5 Å². The Hall–Kier alpha value is -3.14. The van der Waals surface area contributed by atoms with Crippen LogP contribution in [-0.4, -0.2) is 36.6 Å². The fourth-order valence-corrected chi connectivity index (χ4v) is 5.22. The van der Waals surface area contributed by atoms with Gasteiger partial charge in [-0.3, -0.25) is 9.89 Å². The summed E-state index contributed by atoms with van der Waals surface area (Å²) in [5, 5.41) is 10.2. The van der Waals surface area contributed by atoms with Crippen LogP contribution < -0.4 is 10.1 Å². The SMILES string of the molecule is COc1c(Cl)ccc(S(=O)(=O)c2ccc(CNC(=O)c3cnc4[nH]ncc4c3)cc2)c1Cl. The average Bonchev–Trinajstić information content (AvgIpc) is 3.26. The molecule has 2 heterocycles. The van der Waals surface area contributed by atoms with Crippen molar-refractivity contribution in [2.75, 3.05) is 7.11 Å². The quantitative estimate of drug-likeness (QED) is 0.421. The molecule has 0 saturated heterocycles. The van der Waals surface area contributed by atoms with Gasteiger partial charge in [-0.15, -0.1) is 0 Å². The summed E-state index contributed by atoms with van der Waals surface area (Å²) in [6, 6.07) is 10.6. The molecule has 0 fully saturated rings. The maximum atomic E-state index is 13.0. The molecule has 0 aliphatic carbocycles. The number of methoxy groups -OCH3 is 1. The molecule has 0 saturated carbocycles. The monoisotopic (exact) mass is 490 g/mol. The maximum Gasteiger partial charge on any atom is 0.253 e. The van der Waals surface area contributed by atoms with Crippen LogP contribution in [0.1, 0.15) is 15.9 Å². The number of rotatable bonds is 6. The van der Waals surface area contributed by atoms with Crippen molar-refractivity contribution in [2.24, 2.45) is 0 Å². The second kappa shape index (κ2) is 8.78. The lowest BCUT2D eigenvalue weighted by molar-refractivity contribution is 0.0950. The summed E-state index contributed by atoms with van der Waals surface area (Å²) in [5.41, 5.74) is 1.70. The first-order valence-corrected chi connectivity index (χ1v) is 11.5. The van der Waals surface area contributed by atoms with Crippen molar-refractivity contribution < 1.29 is 17.9 Å². The van der Waals surface area contributed by atoms with Gasteiger partial charge in [-0.05, 0) is 35.9 Å². The molecule has 0 aliphatic rings. The molecule has 11 heteroatoms. The molecule has 32 heavy (non-hydrogen) atoms. The summed E-state index contributed by atoms with van der Waals surface area (Å²) in [7, 11) is -2.54. The van der Waals surface area contributed by atoms with Crippen molar-refractivity contribution in [2.45, 2.75) is 16.3 Å². The normalized spacial score (nSPS) is 11.5. The summed E-state index contributed by atoms with van der Waals surface area (Å²) >= 11 is 12.2. The fraction of sp³-hybridized carbons (Fsp3) is 0.0952. The summed E-state index contributed by atoms with van der Waals surface area (Å²) in [6.07, 6.45) is 3.04. The number of hydrogen-bond acceptors (Lipinski definition) is 6. The van der Waals surface area contributed by atoms with Crippen molar-refractivity contribution in [3.63, 3.8) is 0 Å². The number of aromatic amines is 1. The molecule has 0 spiro atoms. The first kappa shape index (κ1) is 22.1. The Balaban J connectivity index is 1.49. The number of amides is 1. The zero-order valence-corrected chi connectivity index (χ0v) is 18.9. The van der Waals surface area contributed by atoms with Crippen molar-refractivity contribution in [3.05, 3.63) is 76.0 Å². The molecule has 8 nitrogen and oxygen atoms in total. The van der Waals surface area contributed by atoms with E-state index in [-0.39, 0.29) is 38.0 Å². The van der Waals surface area contributed by atoms with Crippen molar-refractivity contribution >= 4 is 50.0 Å². The molecule has 0 aliphatic heterocycles. The Labute approximate surface area is 193 Å². The fourth-order valence-electron chi connectivity index (χ4n) is 3.07. The van der Waals surface area contributed by atoms with E-state index in [2.05, 4.69) is 20.5 Å². The van der Waals surface area contributed by atoms with E-state index in [1.54, 1.807) is 24.4 Å². The Bertz CT molecular complexity index is 1420. The van der Waals surface area contributed by atoms with Crippen LogP contribution in [0.2, 0.25) is 10.0 Å². The Morgan fingerprint density at radius 1 is 1.12 bits per heavy atom. The van der Waals surface area contributed by atoms with Gasteiger partial charge in [0.1, 0.15) is 5.02 Å². The van der Waals surface area contributed by atoms with Crippen LogP contribution in [0, 0.1) is 0 Å². The highest BCUT2D eigenvalue weighted by Crippen LogP contribution is 2.39. The lowest BCUT2D eigenvalue weighted by atomic mass is 10.2. The molecule has 1 amide bonds. The first-order valence-electron chi connectivity index (χ1n) is 9.24. The molecular weight excluding hydrogens is 475 g/mol. The number of nitrogens with zero attached hydrogens (tertiary/aromatic N) is 2. The van der Waals surface area contributed by atoms with E-state index in [1.807, 2.05) is 0 Å². The zero-order chi connectivity index (χ0) is 22.9. The third kappa shape index (κ3) is 4.14. The maximum absolute atomic E-state index is 13.0. The van der Waals surface area contributed by atoms with Crippen molar-refractivity contribution in [3.8, 4) is 5.75 Å². The molecular formula is C21H16Cl2N4O4S. The summed E-state index contributed by atoms with van der Waals surface area (Å²) in [4.78, 5) is 16.5. The van der Waals surface area contributed by atoms with Crippen LogP contribution in [0.3, 0.4) is 0 Å². The minimum absolute atomic E-state index is 0.0495. The minimum Gasteiger partial charge on any atom is -0.494 e. The lowest BCUT2D eigenvalue weighted by Gasteiger charge is -2.12. The number of H-pyrrole nitrogens is 1. The van der Waals surface area contributed by atoms with E-state index in [0.717, 1.165) is 10.9 Å². The minimum atomic E-state index is -3.90. The Morgan fingerprint density at radius 2 is 1.88 bits per heavy atom. The number of fused-ring (bicyclic) bond motifs is 1. The largest absolute Gasteiger partial charge is 0.494 e. The van der Waals surface area contributed by atoms with E-state index in [0.29, 0.717) is 11.2 Å². The number of hydrogen-bond donors (Lipinski definition) is 2. The number of halogens is 2. The third-order valence-corrected chi connectivity index (χ3v) is 7.34. The van der Waals surface area contributed by atoms with Gasteiger partial charge < -0.3 is 10.1 Å². The van der Waals surface area contributed by atoms with Gasteiger partial charge in [-0.1, -0.05) is 35.3 Å². The van der Waals surface area contributed by atoms with Gasteiger partial charge in [0.2, 0.25) is 9.84 Å². The Morgan fingerprint density at radius 3 is 2.59 bits per heavy atom. The predicted molar refractivity (Wildman–Crippen MR) is 120 cm³/mol. The molecule has 0 unspecified atom stereocenters. The Kier molecular flexibility index (Phi) is 6.05. The van der Waals surface area contributed by atoms with E-state index in [1.165, 1.54) is 37.6 Å². The highest BCUT2D eigenvalue weighted by atomic mass is 35.5. The van der Waals surface area contributed by atoms with E-state index in [4.69, 9.17) is 27.9 Å². The van der Waals surface area contributed by atoms with Crippen molar-refractivity contribution in [1.29, 1.82) is 0 Å². The van der Waals surface area contributed by atoms with E-state index >= 15 is 0 Å². The molecule has 164 valence electrons. The third-order valence-electron chi connectivity index (χ3n) is 4.75. The number of nitrogens with one attached hydrogen (secondary N) is 2. The van der Waals surface area contributed by atoms with Crippen LogP contribution in [0.5, 0.6) is 5.75 Å². The van der Waals surface area contributed by atoms with Gasteiger partial charge in [-0.2, -0.15) is 5.10 Å². The van der Waals surface area contributed by atoms with E-state index in [9.17, 15) is 13.2 Å². The number of carbonyl (C=O) groups excluding carboxylic acids is 1. The van der Waals surface area contributed by atoms with Gasteiger partial charge in [-0.25, -0.2) is 13.4 Å². The van der Waals surface area contributed by atoms with E-state index < -0.39 is 9.84 Å². The molecule has 2 N–H and O–H groups in total. The van der Waals surface area contributed by atoms with Crippen LogP contribution >= 0.6 is 23.2 Å². The zero-order valence-electron chi connectivity index (χ0n) is 16.6. The number of carbonyl (C=O) groups is 1. The van der Waals surface area contributed by atoms with Crippen LogP contribution in [-0.2, 0) is 16.4 Å². The number of sulfone groups is 1. The predicted octanol–water partition coefficient (Wildman–Crippen LogP) is 4.04. The molecule has 0 atom stereocenters. The smallest absolute Gasteiger partial charge is 0.253 e. The number of ether oxygens (including phenoxy) is 1. The second-order valence-electron chi connectivity index (χ2n) is 6.75. The second-order valence-corrected chi connectivity index (χ2v) is 9.46. The highest BCUT2D eigenvalue weighted by molar-refractivity contribution is 7.91. The number of benzene rings is 2. The van der Waals surface area contributed by atoms with Gasteiger partial charge in [0.05, 0.1) is 33.7 Å². The average molecular weight is 491 g/mol. The number of aromatic nitrogens is 3. The standard InChI is InChI=1S/C21H16Cl2N4O4S/c1-31-19-16(22)6-7-17(18(19)23)32(29,30)15-4-2-12(3-5-15)9-25-21(28)14-8-13-11-26-27-20(13)24-10-14/h2-8,10-11H,9H2,1H3,(H,25,28)(H,24,26,27). The lowest BCUT2D eigenvalue weighted by Crippen LogP contribution is -2.22. The topological polar surface area (TPSA) is 114 Å². The van der Waals surface area contributed by atoms with Gasteiger partial charge in [0.15, 0.2) is 11.4 Å². The summed E-state index contributed by atoms with van der Waals surface area (Å²) < 4.78 is 31.1. The molecule has 2 aromatic carbocycles. The molecule has 4 rings (SSSR count). The van der Waals surface area contributed by atoms with Gasteiger partial charge >= 0.3 is 0 Å². The van der Waals surface area contributed by atoms with Crippen LogP contribution in [0.25, 0.3) is 11.0 Å². The molecule has 4 aromatic rings. The van der Waals surface area contributed by atoms with Crippen LogP contribution in [0.15, 0.2) is 64.6 Å². The first-order chi connectivity index (χ1) is 15.3. The molecule has 0 radical (unpaired) electrons. The van der Waals surface area contributed by atoms with Crippen LogP contribution in [0.4, 0.5) is 0 Å². The number of pyridine rings is 1. The molecule has 0 bridgehead atoms. The summed E-state index contributed by atoms with van der Waals surface area (Å²) in [5.74, 6) is -0.214. The van der Waals surface area contributed by atoms with Gasteiger partial charge in [0, 0.05) is 18.1 Å². The van der Waals surface area contributed by atoms with Gasteiger partial charge in [0.25, 0.3) is 5.91 Å². The highest BCUT2D eigenvalue weighted by Gasteiger charge is 2.24.